The fourth-order valence-electron chi connectivity index (χ4n) is 2.39. The van der Waals surface area contributed by atoms with Crippen LogP contribution in [0.4, 0.5) is 26.3 Å². The number of halogens is 6. The molecule has 0 aromatic heterocycles. The number of aliphatic imine (C=N–C) groups is 1. The van der Waals surface area contributed by atoms with E-state index in [4.69, 9.17) is 4.74 Å². The second-order valence-corrected chi connectivity index (χ2v) is 5.83. The zero-order chi connectivity index (χ0) is 21.2. The molecule has 0 aliphatic carbocycles. The summed E-state index contributed by atoms with van der Waals surface area (Å²) in [5.41, 5.74) is -5.30. The number of alkyl halides is 6. The van der Waals surface area contributed by atoms with Crippen LogP contribution in [0.3, 0.4) is 0 Å². The molecule has 0 atom stereocenters. The van der Waals surface area contributed by atoms with Gasteiger partial charge in [-0.3, -0.25) is 4.79 Å². The Kier molecular flexibility index (Phi) is 5.76. The molecule has 1 amide bonds. The number of allylic oxidation sites excluding steroid dienone is 1. The maximum Gasteiger partial charge on any atom is 0.424 e. The maximum atomic E-state index is 13.6. The number of carbonyl (C=O) groups is 1. The SMILES string of the molecule is C=C1N=CC=C(OCC(=O)NC(c2ccc(C)cc2)(C(F)(F)F)C(F)(F)F)N1. The van der Waals surface area contributed by atoms with Gasteiger partial charge in [0.1, 0.15) is 5.82 Å². The summed E-state index contributed by atoms with van der Waals surface area (Å²) in [7, 11) is 0. The van der Waals surface area contributed by atoms with Crippen molar-refractivity contribution in [2.75, 3.05) is 6.61 Å². The quantitative estimate of drug-likeness (QED) is 0.736. The van der Waals surface area contributed by atoms with Gasteiger partial charge in [0.25, 0.3) is 11.4 Å². The third-order valence-corrected chi connectivity index (χ3v) is 3.74. The minimum absolute atomic E-state index is 0.102. The Morgan fingerprint density at radius 1 is 1.14 bits per heavy atom. The van der Waals surface area contributed by atoms with Crippen LogP contribution in [-0.4, -0.2) is 31.1 Å². The first-order chi connectivity index (χ1) is 12.9. The summed E-state index contributed by atoms with van der Waals surface area (Å²) >= 11 is 0. The molecule has 1 aliphatic heterocycles. The molecule has 1 heterocycles. The standard InChI is InChI=1S/C17H15F6N3O2/c1-10-3-5-12(6-4-10)15(16(18,19)20,17(21,22)23)26-13(27)9-28-14-7-8-24-11(2)25-14/h3-8,25H,2,9H2,1H3,(H,26,27). The van der Waals surface area contributed by atoms with Gasteiger partial charge in [-0.2, -0.15) is 26.3 Å². The minimum Gasteiger partial charge on any atom is -0.469 e. The van der Waals surface area contributed by atoms with Crippen LogP contribution in [0.15, 0.2) is 53.6 Å². The highest BCUT2D eigenvalue weighted by atomic mass is 19.4. The molecule has 0 unspecified atom stereocenters. The highest BCUT2D eigenvalue weighted by Crippen LogP contribution is 2.50. The molecule has 0 saturated heterocycles. The maximum absolute atomic E-state index is 13.6. The van der Waals surface area contributed by atoms with E-state index in [1.54, 1.807) is 0 Å². The van der Waals surface area contributed by atoms with Gasteiger partial charge in [-0.1, -0.05) is 36.4 Å². The lowest BCUT2D eigenvalue weighted by atomic mass is 9.87. The van der Waals surface area contributed by atoms with Crippen LogP contribution in [0.5, 0.6) is 0 Å². The average molecular weight is 407 g/mol. The molecule has 1 aromatic rings. The number of nitrogens with zero attached hydrogens (tertiary/aromatic N) is 1. The summed E-state index contributed by atoms with van der Waals surface area (Å²) in [6.07, 6.45) is -9.27. The summed E-state index contributed by atoms with van der Waals surface area (Å²) in [6, 6.07) is 3.52. The molecular formula is C17H15F6N3O2. The Morgan fingerprint density at radius 2 is 1.71 bits per heavy atom. The lowest BCUT2D eigenvalue weighted by molar-refractivity contribution is -0.312. The fraction of sp³-hybridized carbons (Fsp3) is 0.294. The number of benzene rings is 1. The van der Waals surface area contributed by atoms with Crippen molar-refractivity contribution in [3.63, 3.8) is 0 Å². The van der Waals surface area contributed by atoms with E-state index in [9.17, 15) is 31.1 Å². The second kappa shape index (κ2) is 7.56. The van der Waals surface area contributed by atoms with E-state index < -0.39 is 36.0 Å². The minimum atomic E-state index is -5.86. The summed E-state index contributed by atoms with van der Waals surface area (Å²) in [4.78, 5) is 15.7. The third-order valence-electron chi connectivity index (χ3n) is 3.74. The Morgan fingerprint density at radius 3 is 2.21 bits per heavy atom. The van der Waals surface area contributed by atoms with Crippen molar-refractivity contribution >= 4 is 12.1 Å². The van der Waals surface area contributed by atoms with Gasteiger partial charge < -0.3 is 15.4 Å². The summed E-state index contributed by atoms with van der Waals surface area (Å²) < 4.78 is 86.7. The highest BCUT2D eigenvalue weighted by molar-refractivity contribution is 5.79. The predicted molar refractivity (Wildman–Crippen MR) is 87.9 cm³/mol. The number of amides is 1. The van der Waals surface area contributed by atoms with E-state index in [0.717, 1.165) is 17.4 Å². The zero-order valence-corrected chi connectivity index (χ0v) is 14.4. The van der Waals surface area contributed by atoms with E-state index in [1.807, 2.05) is 0 Å². The molecule has 11 heteroatoms. The van der Waals surface area contributed by atoms with Gasteiger partial charge >= 0.3 is 12.4 Å². The first kappa shape index (κ1) is 21.3. The van der Waals surface area contributed by atoms with Crippen LogP contribution in [0.25, 0.3) is 0 Å². The topological polar surface area (TPSA) is 62.7 Å². The molecular weight excluding hydrogens is 392 g/mol. The second-order valence-electron chi connectivity index (χ2n) is 5.83. The van der Waals surface area contributed by atoms with Gasteiger partial charge in [-0.05, 0) is 12.5 Å². The van der Waals surface area contributed by atoms with Crippen LogP contribution in [0.2, 0.25) is 0 Å². The van der Waals surface area contributed by atoms with Gasteiger partial charge in [0.15, 0.2) is 12.5 Å². The smallest absolute Gasteiger partial charge is 0.424 e. The molecule has 0 spiro atoms. The van der Waals surface area contributed by atoms with Crippen molar-refractivity contribution < 1.29 is 35.9 Å². The number of carbonyl (C=O) groups excluding carboxylic acids is 1. The van der Waals surface area contributed by atoms with Crippen molar-refractivity contribution in [2.45, 2.75) is 24.8 Å². The summed E-state index contributed by atoms with van der Waals surface area (Å²) in [6.45, 7) is 3.84. The summed E-state index contributed by atoms with van der Waals surface area (Å²) in [5, 5.41) is 3.53. The van der Waals surface area contributed by atoms with Gasteiger partial charge in [-0.25, -0.2) is 4.99 Å². The molecule has 2 N–H and O–H groups in total. The molecule has 0 saturated carbocycles. The van der Waals surface area contributed by atoms with Crippen molar-refractivity contribution in [1.82, 2.24) is 10.6 Å². The molecule has 5 nitrogen and oxygen atoms in total. The molecule has 1 aliphatic rings. The lowest BCUT2D eigenvalue weighted by Gasteiger charge is -2.38. The third kappa shape index (κ3) is 4.29. The Labute approximate surface area is 155 Å². The van der Waals surface area contributed by atoms with Crippen LogP contribution in [0, 0.1) is 6.92 Å². The van der Waals surface area contributed by atoms with Crippen LogP contribution < -0.4 is 10.6 Å². The Hall–Kier alpha value is -2.98. The van der Waals surface area contributed by atoms with Crippen molar-refractivity contribution in [1.29, 1.82) is 0 Å². The largest absolute Gasteiger partial charge is 0.469 e. The van der Waals surface area contributed by atoms with Crippen molar-refractivity contribution in [3.8, 4) is 0 Å². The predicted octanol–water partition coefficient (Wildman–Crippen LogP) is 3.43. The van der Waals surface area contributed by atoms with Gasteiger partial charge in [0.2, 0.25) is 0 Å². The number of ether oxygens (including phenoxy) is 1. The lowest BCUT2D eigenvalue weighted by Crippen LogP contribution is -2.65. The average Bonchev–Trinajstić information content (AvgIpc) is 2.56. The van der Waals surface area contributed by atoms with E-state index in [2.05, 4.69) is 16.9 Å². The Balaban J connectivity index is 2.32. The van der Waals surface area contributed by atoms with E-state index >= 15 is 0 Å². The highest BCUT2D eigenvalue weighted by Gasteiger charge is 2.72. The first-order valence-electron chi connectivity index (χ1n) is 7.71. The van der Waals surface area contributed by atoms with Crippen LogP contribution in [-0.2, 0) is 15.1 Å². The zero-order valence-electron chi connectivity index (χ0n) is 14.4. The van der Waals surface area contributed by atoms with E-state index in [0.29, 0.717) is 17.7 Å². The van der Waals surface area contributed by atoms with E-state index in [1.165, 1.54) is 19.2 Å². The fourth-order valence-corrected chi connectivity index (χ4v) is 2.39. The monoisotopic (exact) mass is 407 g/mol. The van der Waals surface area contributed by atoms with Gasteiger partial charge in [-0.15, -0.1) is 0 Å². The molecule has 0 radical (unpaired) electrons. The number of hydrogen-bond donors (Lipinski definition) is 2. The molecule has 0 bridgehead atoms. The molecule has 2 rings (SSSR count). The van der Waals surface area contributed by atoms with Gasteiger partial charge in [0.05, 0.1) is 0 Å². The number of aryl methyl sites for hydroxylation is 1. The molecule has 28 heavy (non-hydrogen) atoms. The van der Waals surface area contributed by atoms with Crippen molar-refractivity contribution in [3.05, 3.63) is 59.8 Å². The Bertz CT molecular complexity index is 796. The first-order valence-corrected chi connectivity index (χ1v) is 7.71. The normalized spacial score (nSPS) is 15.0. The van der Waals surface area contributed by atoms with E-state index in [-0.39, 0.29) is 11.7 Å². The van der Waals surface area contributed by atoms with Crippen molar-refractivity contribution in [2.24, 2.45) is 4.99 Å². The van der Waals surface area contributed by atoms with Gasteiger partial charge in [0, 0.05) is 12.3 Å². The van der Waals surface area contributed by atoms with Crippen LogP contribution in [0.1, 0.15) is 11.1 Å². The number of rotatable bonds is 5. The van der Waals surface area contributed by atoms with Crippen LogP contribution >= 0.6 is 0 Å². The molecule has 0 fully saturated rings. The molecule has 1 aromatic carbocycles. The molecule has 152 valence electrons. The number of nitrogens with one attached hydrogen (secondary N) is 2. The number of hydrogen-bond acceptors (Lipinski definition) is 4. The summed E-state index contributed by atoms with van der Waals surface area (Å²) in [5.74, 6) is -1.60.